The molecule has 0 spiro atoms. The van der Waals surface area contributed by atoms with Crippen LogP contribution < -0.4 is 10.1 Å². The molecular formula is C14H17ClFNO4. The summed E-state index contributed by atoms with van der Waals surface area (Å²) < 4.78 is 18.0. The van der Waals surface area contributed by atoms with E-state index >= 15 is 0 Å². The topological polar surface area (TPSA) is 75.6 Å². The van der Waals surface area contributed by atoms with E-state index in [0.29, 0.717) is 6.42 Å². The van der Waals surface area contributed by atoms with E-state index in [-0.39, 0.29) is 23.9 Å². The predicted molar refractivity (Wildman–Crippen MR) is 75.9 cm³/mol. The lowest BCUT2D eigenvalue weighted by atomic mass is 9.88. The SMILES string of the molecule is CCC(C)(CNC(=O)COc1ccc(F)cc1Cl)C(=O)O. The highest BCUT2D eigenvalue weighted by Crippen LogP contribution is 2.24. The number of hydrogen-bond acceptors (Lipinski definition) is 3. The molecule has 0 aromatic heterocycles. The van der Waals surface area contributed by atoms with Crippen molar-refractivity contribution in [2.24, 2.45) is 5.41 Å². The van der Waals surface area contributed by atoms with Crippen molar-refractivity contribution in [1.29, 1.82) is 0 Å². The molecule has 0 heterocycles. The quantitative estimate of drug-likeness (QED) is 0.810. The largest absolute Gasteiger partial charge is 0.482 e. The first-order chi connectivity index (χ1) is 9.78. The van der Waals surface area contributed by atoms with Crippen molar-refractivity contribution in [2.75, 3.05) is 13.2 Å². The van der Waals surface area contributed by atoms with Crippen molar-refractivity contribution in [2.45, 2.75) is 20.3 Å². The van der Waals surface area contributed by atoms with Crippen LogP contribution >= 0.6 is 11.6 Å². The number of carboxylic acids is 1. The average Bonchev–Trinajstić information content (AvgIpc) is 2.43. The first-order valence-electron chi connectivity index (χ1n) is 6.36. The fourth-order valence-corrected chi connectivity index (χ4v) is 1.65. The van der Waals surface area contributed by atoms with Crippen molar-refractivity contribution >= 4 is 23.5 Å². The maximum absolute atomic E-state index is 12.8. The molecule has 1 amide bonds. The third-order valence-electron chi connectivity index (χ3n) is 3.23. The molecule has 0 bridgehead atoms. The molecule has 2 N–H and O–H groups in total. The molecule has 0 saturated carbocycles. The maximum Gasteiger partial charge on any atom is 0.311 e. The lowest BCUT2D eigenvalue weighted by molar-refractivity contribution is -0.148. The minimum Gasteiger partial charge on any atom is -0.482 e. The summed E-state index contributed by atoms with van der Waals surface area (Å²) in [5.74, 6) is -1.77. The van der Waals surface area contributed by atoms with Gasteiger partial charge in [-0.05, 0) is 31.5 Å². The van der Waals surface area contributed by atoms with Crippen molar-refractivity contribution in [3.05, 3.63) is 29.0 Å². The Morgan fingerprint density at radius 3 is 2.67 bits per heavy atom. The Kier molecular flexibility index (Phi) is 5.96. The third kappa shape index (κ3) is 4.90. The van der Waals surface area contributed by atoms with E-state index in [4.69, 9.17) is 21.4 Å². The van der Waals surface area contributed by atoms with E-state index in [1.54, 1.807) is 13.8 Å². The average molecular weight is 318 g/mol. The standard InChI is InChI=1S/C14H17ClFNO4/c1-3-14(2,13(19)20)8-17-12(18)7-21-11-5-4-9(16)6-10(11)15/h4-6H,3,7-8H2,1-2H3,(H,17,18)(H,19,20). The van der Waals surface area contributed by atoms with E-state index < -0.39 is 23.1 Å². The van der Waals surface area contributed by atoms with Crippen LogP contribution in [0, 0.1) is 11.2 Å². The molecule has 0 fully saturated rings. The number of hydrogen-bond donors (Lipinski definition) is 2. The zero-order chi connectivity index (χ0) is 16.0. The van der Waals surface area contributed by atoms with Crippen LogP contribution in [0.15, 0.2) is 18.2 Å². The molecule has 5 nitrogen and oxygen atoms in total. The van der Waals surface area contributed by atoms with Gasteiger partial charge in [0.25, 0.3) is 5.91 Å². The van der Waals surface area contributed by atoms with Crippen molar-refractivity contribution in [3.8, 4) is 5.75 Å². The molecule has 116 valence electrons. The fraction of sp³-hybridized carbons (Fsp3) is 0.429. The van der Waals surface area contributed by atoms with Crippen LogP contribution in [-0.2, 0) is 9.59 Å². The molecule has 0 radical (unpaired) electrons. The summed E-state index contributed by atoms with van der Waals surface area (Å²) in [5, 5.41) is 11.6. The molecule has 21 heavy (non-hydrogen) atoms. The summed E-state index contributed by atoms with van der Waals surface area (Å²) >= 11 is 5.75. The maximum atomic E-state index is 12.8. The molecule has 1 unspecified atom stereocenters. The van der Waals surface area contributed by atoms with Crippen LogP contribution in [0.3, 0.4) is 0 Å². The molecule has 0 saturated heterocycles. The molecule has 1 atom stereocenters. The molecule has 7 heteroatoms. The number of aliphatic carboxylic acids is 1. The minimum absolute atomic E-state index is 0.00181. The molecule has 1 aromatic carbocycles. The Morgan fingerprint density at radius 1 is 1.48 bits per heavy atom. The Balaban J connectivity index is 2.49. The summed E-state index contributed by atoms with van der Waals surface area (Å²) in [6.45, 7) is 2.95. The Morgan fingerprint density at radius 2 is 2.14 bits per heavy atom. The van der Waals surface area contributed by atoms with Crippen LogP contribution in [0.2, 0.25) is 5.02 Å². The second-order valence-electron chi connectivity index (χ2n) is 4.86. The van der Waals surface area contributed by atoms with Crippen molar-refractivity contribution < 1.29 is 23.8 Å². The number of ether oxygens (including phenoxy) is 1. The van der Waals surface area contributed by atoms with E-state index in [0.717, 1.165) is 12.1 Å². The van der Waals surface area contributed by atoms with E-state index in [1.165, 1.54) is 6.07 Å². The van der Waals surface area contributed by atoms with Crippen LogP contribution in [0.5, 0.6) is 5.75 Å². The van der Waals surface area contributed by atoms with E-state index in [9.17, 15) is 14.0 Å². The number of carbonyl (C=O) groups is 2. The summed E-state index contributed by atoms with van der Waals surface area (Å²) in [6.07, 6.45) is 0.382. The second-order valence-corrected chi connectivity index (χ2v) is 5.27. The monoisotopic (exact) mass is 317 g/mol. The van der Waals surface area contributed by atoms with Gasteiger partial charge in [-0.15, -0.1) is 0 Å². The van der Waals surface area contributed by atoms with E-state index in [2.05, 4.69) is 5.32 Å². The summed E-state index contributed by atoms with van der Waals surface area (Å²) in [5.41, 5.74) is -1.02. The van der Waals surface area contributed by atoms with Gasteiger partial charge in [0.1, 0.15) is 11.6 Å². The van der Waals surface area contributed by atoms with Gasteiger partial charge >= 0.3 is 5.97 Å². The van der Waals surface area contributed by atoms with Gasteiger partial charge in [-0.3, -0.25) is 9.59 Å². The summed E-state index contributed by atoms with van der Waals surface area (Å²) in [7, 11) is 0. The number of carbonyl (C=O) groups excluding carboxylic acids is 1. The van der Waals surface area contributed by atoms with Crippen molar-refractivity contribution in [3.63, 3.8) is 0 Å². The van der Waals surface area contributed by atoms with Gasteiger partial charge in [0, 0.05) is 6.54 Å². The van der Waals surface area contributed by atoms with Crippen LogP contribution in [-0.4, -0.2) is 30.1 Å². The molecule has 0 aliphatic carbocycles. The normalized spacial score (nSPS) is 13.3. The van der Waals surface area contributed by atoms with Crippen LogP contribution in [0.1, 0.15) is 20.3 Å². The van der Waals surface area contributed by atoms with Gasteiger partial charge in [0.15, 0.2) is 6.61 Å². The van der Waals surface area contributed by atoms with Gasteiger partial charge in [-0.1, -0.05) is 18.5 Å². The third-order valence-corrected chi connectivity index (χ3v) is 3.52. The van der Waals surface area contributed by atoms with Gasteiger partial charge in [-0.25, -0.2) is 4.39 Å². The Bertz CT molecular complexity index is 538. The highest BCUT2D eigenvalue weighted by Gasteiger charge is 2.31. The van der Waals surface area contributed by atoms with E-state index in [1.807, 2.05) is 0 Å². The number of amides is 1. The van der Waals surface area contributed by atoms with Crippen LogP contribution in [0.25, 0.3) is 0 Å². The summed E-state index contributed by atoms with van der Waals surface area (Å²) in [4.78, 5) is 22.7. The van der Waals surface area contributed by atoms with Gasteiger partial charge < -0.3 is 15.2 Å². The molecule has 0 aliphatic heterocycles. The first kappa shape index (κ1) is 17.2. The molecular weight excluding hydrogens is 301 g/mol. The lowest BCUT2D eigenvalue weighted by Crippen LogP contribution is -2.42. The smallest absolute Gasteiger partial charge is 0.311 e. The van der Waals surface area contributed by atoms with Gasteiger partial charge in [0.2, 0.25) is 0 Å². The number of nitrogens with one attached hydrogen (secondary N) is 1. The zero-order valence-corrected chi connectivity index (χ0v) is 12.5. The molecule has 0 aliphatic rings. The Hall–Kier alpha value is -1.82. The number of rotatable bonds is 7. The molecule has 1 rings (SSSR count). The molecule has 1 aromatic rings. The predicted octanol–water partition coefficient (Wildman–Crippen LogP) is 2.48. The van der Waals surface area contributed by atoms with Gasteiger partial charge in [-0.2, -0.15) is 0 Å². The number of carboxylic acid groups (broad SMARTS) is 1. The zero-order valence-electron chi connectivity index (χ0n) is 11.8. The lowest BCUT2D eigenvalue weighted by Gasteiger charge is -2.23. The highest BCUT2D eigenvalue weighted by molar-refractivity contribution is 6.32. The second kappa shape index (κ2) is 7.26. The van der Waals surface area contributed by atoms with Crippen LogP contribution in [0.4, 0.5) is 4.39 Å². The van der Waals surface area contributed by atoms with Crippen molar-refractivity contribution in [1.82, 2.24) is 5.32 Å². The highest BCUT2D eigenvalue weighted by atomic mass is 35.5. The fourth-order valence-electron chi connectivity index (χ4n) is 1.43. The summed E-state index contributed by atoms with van der Waals surface area (Å²) in [6, 6.07) is 3.56. The number of halogens is 2. The minimum atomic E-state index is -1.02. The first-order valence-corrected chi connectivity index (χ1v) is 6.74. The Labute approximate surface area is 127 Å². The number of benzene rings is 1. The van der Waals surface area contributed by atoms with Gasteiger partial charge in [0.05, 0.1) is 10.4 Å².